The Labute approximate surface area is 116 Å². The van der Waals surface area contributed by atoms with Crippen molar-refractivity contribution in [1.82, 2.24) is 10.2 Å². The van der Waals surface area contributed by atoms with Crippen molar-refractivity contribution in [2.75, 3.05) is 20.1 Å². The van der Waals surface area contributed by atoms with Gasteiger partial charge in [0.25, 0.3) is 0 Å². The van der Waals surface area contributed by atoms with Crippen LogP contribution in [0.25, 0.3) is 0 Å². The van der Waals surface area contributed by atoms with Gasteiger partial charge in [-0.2, -0.15) is 0 Å². The number of benzene rings is 1. The summed E-state index contributed by atoms with van der Waals surface area (Å²) in [6, 6.07) is 4.21. The van der Waals surface area contributed by atoms with Crippen LogP contribution in [0.2, 0.25) is 0 Å². The number of hydrogen-bond donors (Lipinski definition) is 2. The fraction of sp³-hybridized carbons (Fsp3) is 0.625. The molecule has 0 aliphatic carbocycles. The molecule has 0 radical (unpaired) electrons. The summed E-state index contributed by atoms with van der Waals surface area (Å²) in [4.78, 5) is 2.50. The lowest BCUT2D eigenvalue weighted by Gasteiger charge is -2.39. The number of aromatic hydroxyl groups is 1. The number of phenols is 1. The van der Waals surface area contributed by atoms with E-state index in [0.29, 0.717) is 11.3 Å². The highest BCUT2D eigenvalue weighted by Gasteiger charge is 2.28. The maximum atomic E-state index is 9.82. The van der Waals surface area contributed by atoms with Crippen LogP contribution in [0.5, 0.6) is 5.75 Å². The predicted octanol–water partition coefficient (Wildman–Crippen LogP) is 2.58. The summed E-state index contributed by atoms with van der Waals surface area (Å²) in [5.74, 6) is 0.435. The molecule has 1 aromatic rings. The van der Waals surface area contributed by atoms with Gasteiger partial charge >= 0.3 is 0 Å². The van der Waals surface area contributed by atoms with Crippen LogP contribution >= 0.6 is 0 Å². The second kappa shape index (κ2) is 5.51. The molecule has 0 saturated carbocycles. The Kier molecular flexibility index (Phi) is 4.16. The van der Waals surface area contributed by atoms with Gasteiger partial charge in [-0.3, -0.25) is 4.90 Å². The predicted molar refractivity (Wildman–Crippen MR) is 79.6 cm³/mol. The molecule has 1 aromatic carbocycles. The number of piperidine rings is 1. The number of rotatable bonds is 3. The molecule has 1 aliphatic rings. The second-order valence-electron chi connectivity index (χ2n) is 6.17. The Hall–Kier alpha value is -1.06. The fourth-order valence-electron chi connectivity index (χ4n) is 2.85. The van der Waals surface area contributed by atoms with Crippen LogP contribution in [-0.4, -0.2) is 35.7 Å². The molecule has 1 fully saturated rings. The standard InChI is InChI=1S/C16H26N2O/c1-12-9-14(10-13(2)15(12)19)11-18-7-5-16(3,17-4)6-8-18/h9-10,17,19H,5-8,11H2,1-4H3. The van der Waals surface area contributed by atoms with Crippen molar-refractivity contribution in [3.63, 3.8) is 0 Å². The van der Waals surface area contributed by atoms with Crippen LogP contribution in [0.15, 0.2) is 12.1 Å². The van der Waals surface area contributed by atoms with Crippen molar-refractivity contribution in [3.05, 3.63) is 28.8 Å². The van der Waals surface area contributed by atoms with Crippen LogP contribution in [0.1, 0.15) is 36.5 Å². The van der Waals surface area contributed by atoms with Crippen molar-refractivity contribution >= 4 is 0 Å². The van der Waals surface area contributed by atoms with Gasteiger partial charge in [-0.05, 0) is 57.4 Å². The van der Waals surface area contributed by atoms with E-state index in [-0.39, 0.29) is 0 Å². The van der Waals surface area contributed by atoms with Crippen LogP contribution in [-0.2, 0) is 6.54 Å². The average molecular weight is 262 g/mol. The Bertz CT molecular complexity index is 425. The number of nitrogens with one attached hydrogen (secondary N) is 1. The van der Waals surface area contributed by atoms with E-state index in [2.05, 4.69) is 36.3 Å². The highest BCUT2D eigenvalue weighted by molar-refractivity contribution is 5.42. The Morgan fingerprint density at radius 2 is 1.74 bits per heavy atom. The maximum absolute atomic E-state index is 9.82. The van der Waals surface area contributed by atoms with Crippen LogP contribution in [0, 0.1) is 13.8 Å². The van der Waals surface area contributed by atoms with E-state index in [1.165, 1.54) is 18.4 Å². The first-order chi connectivity index (χ1) is 8.93. The zero-order chi connectivity index (χ0) is 14.0. The van der Waals surface area contributed by atoms with Gasteiger partial charge in [0, 0.05) is 25.2 Å². The molecule has 0 bridgehead atoms. The lowest BCUT2D eigenvalue weighted by molar-refractivity contribution is 0.146. The molecule has 1 saturated heterocycles. The largest absolute Gasteiger partial charge is 0.507 e. The fourth-order valence-corrected chi connectivity index (χ4v) is 2.85. The van der Waals surface area contributed by atoms with Crippen molar-refractivity contribution in [1.29, 1.82) is 0 Å². The lowest BCUT2D eigenvalue weighted by atomic mass is 9.89. The van der Waals surface area contributed by atoms with Gasteiger partial charge in [0.15, 0.2) is 0 Å². The molecule has 0 spiro atoms. The minimum absolute atomic E-state index is 0.303. The SMILES string of the molecule is CNC1(C)CCN(Cc2cc(C)c(O)c(C)c2)CC1. The topological polar surface area (TPSA) is 35.5 Å². The molecule has 0 atom stereocenters. The van der Waals surface area contributed by atoms with Gasteiger partial charge in [0.05, 0.1) is 0 Å². The smallest absolute Gasteiger partial charge is 0.121 e. The molecule has 0 aromatic heterocycles. The Morgan fingerprint density at radius 1 is 1.21 bits per heavy atom. The van der Waals surface area contributed by atoms with E-state index in [9.17, 15) is 5.11 Å². The van der Waals surface area contributed by atoms with E-state index >= 15 is 0 Å². The summed E-state index contributed by atoms with van der Waals surface area (Å²) in [7, 11) is 2.06. The first-order valence-corrected chi connectivity index (χ1v) is 7.14. The van der Waals surface area contributed by atoms with E-state index < -0.39 is 0 Å². The molecule has 2 rings (SSSR count). The van der Waals surface area contributed by atoms with E-state index in [1.54, 1.807) is 0 Å². The number of aryl methyl sites for hydroxylation is 2. The zero-order valence-corrected chi connectivity index (χ0v) is 12.6. The van der Waals surface area contributed by atoms with Gasteiger partial charge in [-0.1, -0.05) is 12.1 Å². The monoisotopic (exact) mass is 262 g/mol. The molecule has 0 amide bonds. The normalized spacial score (nSPS) is 19.6. The zero-order valence-electron chi connectivity index (χ0n) is 12.6. The molecule has 2 N–H and O–H groups in total. The highest BCUT2D eigenvalue weighted by Crippen LogP contribution is 2.26. The second-order valence-corrected chi connectivity index (χ2v) is 6.17. The van der Waals surface area contributed by atoms with Crippen LogP contribution < -0.4 is 5.32 Å². The molecule has 19 heavy (non-hydrogen) atoms. The van der Waals surface area contributed by atoms with Crippen LogP contribution in [0.4, 0.5) is 0 Å². The summed E-state index contributed by atoms with van der Waals surface area (Å²) >= 11 is 0. The number of hydrogen-bond acceptors (Lipinski definition) is 3. The number of likely N-dealkylation sites (tertiary alicyclic amines) is 1. The van der Waals surface area contributed by atoms with Gasteiger partial charge in [-0.15, -0.1) is 0 Å². The molecule has 0 unspecified atom stereocenters. The number of nitrogens with zero attached hydrogens (tertiary/aromatic N) is 1. The highest BCUT2D eigenvalue weighted by atomic mass is 16.3. The summed E-state index contributed by atoms with van der Waals surface area (Å²) in [6.07, 6.45) is 2.39. The maximum Gasteiger partial charge on any atom is 0.121 e. The molecular weight excluding hydrogens is 236 g/mol. The Morgan fingerprint density at radius 3 is 2.21 bits per heavy atom. The molecule has 1 aliphatic heterocycles. The average Bonchev–Trinajstić information content (AvgIpc) is 2.39. The molecule has 106 valence electrons. The van der Waals surface area contributed by atoms with Crippen molar-refractivity contribution in [3.8, 4) is 5.75 Å². The summed E-state index contributed by atoms with van der Waals surface area (Å²) in [5.41, 5.74) is 3.57. The first-order valence-electron chi connectivity index (χ1n) is 7.14. The Balaban J connectivity index is 2.00. The van der Waals surface area contributed by atoms with Gasteiger partial charge in [-0.25, -0.2) is 0 Å². The molecule has 1 heterocycles. The molecule has 3 nitrogen and oxygen atoms in total. The minimum atomic E-state index is 0.303. The minimum Gasteiger partial charge on any atom is -0.507 e. The van der Waals surface area contributed by atoms with Crippen molar-refractivity contribution in [2.45, 2.75) is 45.7 Å². The van der Waals surface area contributed by atoms with Crippen molar-refractivity contribution < 1.29 is 5.11 Å². The third kappa shape index (κ3) is 3.28. The van der Waals surface area contributed by atoms with Gasteiger partial charge in [0.1, 0.15) is 5.75 Å². The molecule has 3 heteroatoms. The van der Waals surface area contributed by atoms with Gasteiger partial charge < -0.3 is 10.4 Å². The van der Waals surface area contributed by atoms with E-state index in [1.807, 2.05) is 13.8 Å². The van der Waals surface area contributed by atoms with E-state index in [0.717, 1.165) is 30.8 Å². The van der Waals surface area contributed by atoms with Gasteiger partial charge in [0.2, 0.25) is 0 Å². The van der Waals surface area contributed by atoms with Crippen LogP contribution in [0.3, 0.4) is 0 Å². The van der Waals surface area contributed by atoms with Crippen molar-refractivity contribution in [2.24, 2.45) is 0 Å². The summed E-state index contributed by atoms with van der Waals surface area (Å²) in [6.45, 7) is 9.51. The summed E-state index contributed by atoms with van der Waals surface area (Å²) in [5, 5.41) is 13.2. The lowest BCUT2D eigenvalue weighted by Crippen LogP contribution is -2.49. The first kappa shape index (κ1) is 14.4. The quantitative estimate of drug-likeness (QED) is 0.879. The number of phenolic OH excluding ortho intramolecular Hbond substituents is 1. The third-order valence-corrected chi connectivity index (χ3v) is 4.52. The van der Waals surface area contributed by atoms with E-state index in [4.69, 9.17) is 0 Å². The molecular formula is C16H26N2O. The third-order valence-electron chi connectivity index (χ3n) is 4.52. The summed E-state index contributed by atoms with van der Waals surface area (Å²) < 4.78 is 0.